The zero-order valence-electron chi connectivity index (χ0n) is 11.4. The standard InChI is InChI=1S/C14H28N2O/c1-14(2)8-9-15-12(7-10-17)11-16(14)13-5-3-4-6-13/h12-13,15,17H,3-11H2,1-2H3. The molecule has 3 heteroatoms. The molecule has 2 fully saturated rings. The van der Waals surface area contributed by atoms with Crippen LogP contribution in [-0.2, 0) is 0 Å². The Morgan fingerprint density at radius 3 is 2.65 bits per heavy atom. The second-order valence-corrected chi connectivity index (χ2v) is 6.32. The van der Waals surface area contributed by atoms with Crippen molar-refractivity contribution in [2.45, 2.75) is 70.0 Å². The number of hydrogen-bond donors (Lipinski definition) is 2. The zero-order chi connectivity index (χ0) is 12.3. The number of rotatable bonds is 3. The molecule has 1 aliphatic heterocycles. The molecule has 0 bridgehead atoms. The molecule has 17 heavy (non-hydrogen) atoms. The number of aliphatic hydroxyl groups is 1. The maximum atomic E-state index is 9.13. The van der Waals surface area contributed by atoms with Crippen molar-refractivity contribution >= 4 is 0 Å². The molecule has 1 aliphatic carbocycles. The molecule has 1 unspecified atom stereocenters. The summed E-state index contributed by atoms with van der Waals surface area (Å²) in [5, 5.41) is 12.7. The summed E-state index contributed by atoms with van der Waals surface area (Å²) in [5.74, 6) is 0. The lowest BCUT2D eigenvalue weighted by atomic mass is 9.95. The van der Waals surface area contributed by atoms with Crippen LogP contribution in [0.2, 0.25) is 0 Å². The Hall–Kier alpha value is -0.120. The molecule has 0 amide bonds. The van der Waals surface area contributed by atoms with Gasteiger partial charge in [-0.15, -0.1) is 0 Å². The van der Waals surface area contributed by atoms with Gasteiger partial charge in [0, 0.05) is 30.8 Å². The number of aliphatic hydroxyl groups excluding tert-OH is 1. The van der Waals surface area contributed by atoms with Gasteiger partial charge in [-0.05, 0) is 46.1 Å². The average Bonchev–Trinajstić information content (AvgIpc) is 2.73. The SMILES string of the molecule is CC1(C)CCNC(CCO)CN1C1CCCC1. The molecule has 2 aliphatic rings. The van der Waals surface area contributed by atoms with Crippen molar-refractivity contribution in [3.05, 3.63) is 0 Å². The molecule has 100 valence electrons. The van der Waals surface area contributed by atoms with Gasteiger partial charge in [0.1, 0.15) is 0 Å². The van der Waals surface area contributed by atoms with E-state index in [1.54, 1.807) is 0 Å². The summed E-state index contributed by atoms with van der Waals surface area (Å²) in [7, 11) is 0. The van der Waals surface area contributed by atoms with E-state index in [4.69, 9.17) is 5.11 Å². The summed E-state index contributed by atoms with van der Waals surface area (Å²) in [6.45, 7) is 7.26. The first-order valence-corrected chi connectivity index (χ1v) is 7.24. The van der Waals surface area contributed by atoms with Gasteiger partial charge in [0.25, 0.3) is 0 Å². The Morgan fingerprint density at radius 1 is 1.29 bits per heavy atom. The summed E-state index contributed by atoms with van der Waals surface area (Å²) in [5.41, 5.74) is 0.312. The highest BCUT2D eigenvalue weighted by molar-refractivity contribution is 4.94. The third-order valence-corrected chi connectivity index (χ3v) is 4.61. The van der Waals surface area contributed by atoms with Gasteiger partial charge in [0.05, 0.1) is 0 Å². The summed E-state index contributed by atoms with van der Waals surface area (Å²) in [4.78, 5) is 2.72. The van der Waals surface area contributed by atoms with Crippen molar-refractivity contribution in [3.63, 3.8) is 0 Å². The molecule has 2 rings (SSSR count). The Balaban J connectivity index is 2.05. The smallest absolute Gasteiger partial charge is 0.0446 e. The number of nitrogens with zero attached hydrogens (tertiary/aromatic N) is 1. The first-order valence-electron chi connectivity index (χ1n) is 7.24. The van der Waals surface area contributed by atoms with E-state index < -0.39 is 0 Å². The van der Waals surface area contributed by atoms with Crippen LogP contribution >= 0.6 is 0 Å². The van der Waals surface area contributed by atoms with Crippen LogP contribution in [0, 0.1) is 0 Å². The predicted molar refractivity (Wildman–Crippen MR) is 71.2 cm³/mol. The van der Waals surface area contributed by atoms with E-state index in [1.807, 2.05) is 0 Å². The Labute approximate surface area is 106 Å². The molecule has 0 aromatic rings. The molecule has 0 aromatic heterocycles. The van der Waals surface area contributed by atoms with E-state index in [1.165, 1.54) is 32.1 Å². The van der Waals surface area contributed by atoms with Crippen molar-refractivity contribution in [2.75, 3.05) is 19.7 Å². The fourth-order valence-corrected chi connectivity index (χ4v) is 3.48. The van der Waals surface area contributed by atoms with Gasteiger partial charge in [-0.3, -0.25) is 4.90 Å². The van der Waals surface area contributed by atoms with Gasteiger partial charge >= 0.3 is 0 Å². The molecular formula is C14H28N2O. The number of nitrogens with one attached hydrogen (secondary N) is 1. The van der Waals surface area contributed by atoms with Crippen molar-refractivity contribution in [3.8, 4) is 0 Å². The third kappa shape index (κ3) is 3.21. The molecule has 1 saturated heterocycles. The second-order valence-electron chi connectivity index (χ2n) is 6.32. The van der Waals surface area contributed by atoms with Gasteiger partial charge < -0.3 is 10.4 Å². The fourth-order valence-electron chi connectivity index (χ4n) is 3.48. The normalized spacial score (nSPS) is 31.6. The Kier molecular flexibility index (Phi) is 4.45. The molecule has 1 atom stereocenters. The van der Waals surface area contributed by atoms with Crippen molar-refractivity contribution in [1.29, 1.82) is 0 Å². The molecule has 3 nitrogen and oxygen atoms in total. The van der Waals surface area contributed by atoms with Crippen LogP contribution in [0.25, 0.3) is 0 Å². The maximum absolute atomic E-state index is 9.13. The van der Waals surface area contributed by atoms with Gasteiger partial charge in [-0.25, -0.2) is 0 Å². The topological polar surface area (TPSA) is 35.5 Å². The zero-order valence-corrected chi connectivity index (χ0v) is 11.4. The summed E-state index contributed by atoms with van der Waals surface area (Å²) >= 11 is 0. The minimum Gasteiger partial charge on any atom is -0.396 e. The Morgan fingerprint density at radius 2 is 2.00 bits per heavy atom. The van der Waals surface area contributed by atoms with E-state index in [0.29, 0.717) is 18.2 Å². The van der Waals surface area contributed by atoms with E-state index in [2.05, 4.69) is 24.1 Å². The van der Waals surface area contributed by atoms with Crippen molar-refractivity contribution < 1.29 is 5.11 Å². The minimum atomic E-state index is 0.302. The van der Waals surface area contributed by atoms with E-state index in [0.717, 1.165) is 25.6 Å². The first-order chi connectivity index (χ1) is 8.13. The summed E-state index contributed by atoms with van der Waals surface area (Å²) in [6, 6.07) is 1.26. The third-order valence-electron chi connectivity index (χ3n) is 4.61. The average molecular weight is 240 g/mol. The van der Waals surface area contributed by atoms with Crippen molar-refractivity contribution in [2.24, 2.45) is 0 Å². The molecule has 0 radical (unpaired) electrons. The first kappa shape index (κ1) is 13.3. The lowest BCUT2D eigenvalue weighted by molar-refractivity contribution is 0.0675. The molecule has 1 saturated carbocycles. The molecule has 0 spiro atoms. The van der Waals surface area contributed by atoms with Gasteiger partial charge in [-0.2, -0.15) is 0 Å². The van der Waals surface area contributed by atoms with Crippen LogP contribution in [0.1, 0.15) is 52.4 Å². The lowest BCUT2D eigenvalue weighted by Crippen LogP contribution is -2.51. The van der Waals surface area contributed by atoms with Crippen LogP contribution in [0.3, 0.4) is 0 Å². The molecular weight excluding hydrogens is 212 g/mol. The monoisotopic (exact) mass is 240 g/mol. The second kappa shape index (κ2) is 5.68. The van der Waals surface area contributed by atoms with Crippen LogP contribution in [0.15, 0.2) is 0 Å². The van der Waals surface area contributed by atoms with E-state index in [-0.39, 0.29) is 0 Å². The van der Waals surface area contributed by atoms with E-state index >= 15 is 0 Å². The minimum absolute atomic E-state index is 0.302. The van der Waals surface area contributed by atoms with Crippen LogP contribution in [0.4, 0.5) is 0 Å². The van der Waals surface area contributed by atoms with Crippen molar-refractivity contribution in [1.82, 2.24) is 10.2 Å². The molecule has 2 N–H and O–H groups in total. The lowest BCUT2D eigenvalue weighted by Gasteiger charge is -2.42. The highest BCUT2D eigenvalue weighted by Gasteiger charge is 2.36. The quantitative estimate of drug-likeness (QED) is 0.789. The maximum Gasteiger partial charge on any atom is 0.0446 e. The highest BCUT2D eigenvalue weighted by atomic mass is 16.3. The largest absolute Gasteiger partial charge is 0.396 e. The van der Waals surface area contributed by atoms with E-state index in [9.17, 15) is 0 Å². The summed E-state index contributed by atoms with van der Waals surface area (Å²) in [6.07, 6.45) is 7.64. The van der Waals surface area contributed by atoms with Crippen LogP contribution in [0.5, 0.6) is 0 Å². The number of hydrogen-bond acceptors (Lipinski definition) is 3. The summed E-state index contributed by atoms with van der Waals surface area (Å²) < 4.78 is 0. The fraction of sp³-hybridized carbons (Fsp3) is 1.00. The van der Waals surface area contributed by atoms with Crippen LogP contribution in [-0.4, -0.2) is 47.3 Å². The molecule has 0 aromatic carbocycles. The Bertz CT molecular complexity index is 236. The predicted octanol–water partition coefficient (Wildman–Crippen LogP) is 1.75. The molecule has 1 heterocycles. The van der Waals surface area contributed by atoms with Gasteiger partial charge in [-0.1, -0.05) is 12.8 Å². The van der Waals surface area contributed by atoms with Crippen LogP contribution < -0.4 is 5.32 Å². The van der Waals surface area contributed by atoms with Gasteiger partial charge in [0.15, 0.2) is 0 Å². The highest BCUT2D eigenvalue weighted by Crippen LogP contribution is 2.32. The van der Waals surface area contributed by atoms with Gasteiger partial charge in [0.2, 0.25) is 0 Å².